The first-order valence-corrected chi connectivity index (χ1v) is 14.1. The lowest BCUT2D eigenvalue weighted by Gasteiger charge is -2.42. The molecule has 2 aromatic carbocycles. The van der Waals surface area contributed by atoms with Gasteiger partial charge in [-0.15, -0.1) is 0 Å². The topological polar surface area (TPSA) is 131 Å². The van der Waals surface area contributed by atoms with Gasteiger partial charge in [0.1, 0.15) is 17.3 Å². The zero-order valence-corrected chi connectivity index (χ0v) is 22.4. The van der Waals surface area contributed by atoms with Gasteiger partial charge in [0.2, 0.25) is 5.91 Å². The van der Waals surface area contributed by atoms with Crippen LogP contribution in [-0.4, -0.2) is 52.3 Å². The molecular weight excluding hydrogens is 521 g/mol. The van der Waals surface area contributed by atoms with Crippen LogP contribution >= 0.6 is 0 Å². The van der Waals surface area contributed by atoms with Crippen molar-refractivity contribution in [3.8, 4) is 6.07 Å². The number of nitrogens with zero attached hydrogens (tertiary/aromatic N) is 7. The van der Waals surface area contributed by atoms with Crippen molar-refractivity contribution in [2.45, 2.75) is 38.1 Å². The second-order valence-electron chi connectivity index (χ2n) is 11.6. The average Bonchev–Trinajstić information content (AvgIpc) is 3.54. The summed E-state index contributed by atoms with van der Waals surface area (Å²) in [5, 5.41) is 17.1. The number of fused-ring (bicyclic) bond motifs is 2. The van der Waals surface area contributed by atoms with Crippen LogP contribution in [-0.2, 0) is 17.6 Å². The molecule has 1 aliphatic carbocycles. The van der Waals surface area contributed by atoms with Gasteiger partial charge in [-0.1, -0.05) is 18.2 Å². The Labute approximate surface area is 235 Å². The number of H-pyrrole nitrogens is 1. The standard InChI is InChI=1S/C30H28FN9O/c31-21-6-4-17-5-7-23(41)39-12-13-40(26(21)25(17)39)29-24-28(36-37-29)35-22(16-34-24)38-10-8-30(9-11-38)14-20-18(15-32)2-1-3-19(20)27(30)33/h1-4,6,16,27H,5,7-14,33H2,(H,35,36,37)/t27-/m1/s1. The van der Waals surface area contributed by atoms with E-state index in [2.05, 4.69) is 27.2 Å². The third kappa shape index (κ3) is 3.43. The molecule has 206 valence electrons. The molecule has 10 nitrogen and oxygen atoms in total. The molecule has 8 rings (SSSR count). The van der Waals surface area contributed by atoms with Crippen LogP contribution in [0.5, 0.6) is 0 Å². The molecule has 0 radical (unpaired) electrons. The first kappa shape index (κ1) is 24.3. The predicted octanol–water partition coefficient (Wildman–Crippen LogP) is 3.64. The van der Waals surface area contributed by atoms with Crippen molar-refractivity contribution in [2.75, 3.05) is 40.9 Å². The largest absolute Gasteiger partial charge is 0.355 e. The number of aromatic nitrogens is 4. The van der Waals surface area contributed by atoms with Gasteiger partial charge < -0.3 is 20.4 Å². The summed E-state index contributed by atoms with van der Waals surface area (Å²) in [7, 11) is 0. The smallest absolute Gasteiger partial charge is 0.227 e. The Morgan fingerprint density at radius 1 is 1.07 bits per heavy atom. The number of amides is 1. The molecule has 4 aliphatic rings. The van der Waals surface area contributed by atoms with Crippen molar-refractivity contribution < 1.29 is 9.18 Å². The maximum Gasteiger partial charge on any atom is 0.227 e. The number of aryl methyl sites for hydroxylation is 1. The molecular formula is C30H28FN9O. The summed E-state index contributed by atoms with van der Waals surface area (Å²) < 4.78 is 15.3. The number of aromatic amines is 1. The van der Waals surface area contributed by atoms with Gasteiger partial charge in [0.05, 0.1) is 23.5 Å². The second-order valence-corrected chi connectivity index (χ2v) is 11.6. The summed E-state index contributed by atoms with van der Waals surface area (Å²) in [4.78, 5) is 27.9. The van der Waals surface area contributed by atoms with Crippen molar-refractivity contribution in [2.24, 2.45) is 11.1 Å². The Hall–Kier alpha value is -4.56. The second kappa shape index (κ2) is 8.72. The summed E-state index contributed by atoms with van der Waals surface area (Å²) in [5.74, 6) is 0.893. The number of hydrogen-bond donors (Lipinski definition) is 2. The average molecular weight is 550 g/mol. The summed E-state index contributed by atoms with van der Waals surface area (Å²) in [6.45, 7) is 2.43. The Morgan fingerprint density at radius 3 is 2.73 bits per heavy atom. The van der Waals surface area contributed by atoms with Gasteiger partial charge in [0, 0.05) is 38.6 Å². The molecule has 1 saturated heterocycles. The van der Waals surface area contributed by atoms with Crippen molar-refractivity contribution in [1.29, 1.82) is 5.26 Å². The molecule has 1 spiro atoms. The molecule has 41 heavy (non-hydrogen) atoms. The van der Waals surface area contributed by atoms with E-state index in [1.807, 2.05) is 17.0 Å². The number of carbonyl (C=O) groups excluding carboxylic acids is 1. The Kier molecular flexibility index (Phi) is 5.16. The van der Waals surface area contributed by atoms with Crippen molar-refractivity contribution in [3.05, 3.63) is 64.6 Å². The fourth-order valence-corrected chi connectivity index (χ4v) is 7.40. The molecule has 5 heterocycles. The van der Waals surface area contributed by atoms with Crippen molar-refractivity contribution in [1.82, 2.24) is 20.2 Å². The van der Waals surface area contributed by atoms with Crippen LogP contribution in [0.4, 0.5) is 27.4 Å². The molecule has 4 aromatic rings. The fraction of sp³-hybridized carbons (Fsp3) is 0.367. The third-order valence-corrected chi connectivity index (χ3v) is 9.62. The lowest BCUT2D eigenvalue weighted by atomic mass is 9.73. The number of piperidine rings is 1. The zero-order valence-electron chi connectivity index (χ0n) is 22.4. The maximum absolute atomic E-state index is 15.3. The van der Waals surface area contributed by atoms with Crippen LogP contribution in [0.3, 0.4) is 0 Å². The number of rotatable bonds is 2. The minimum atomic E-state index is -0.389. The van der Waals surface area contributed by atoms with E-state index < -0.39 is 0 Å². The highest BCUT2D eigenvalue weighted by molar-refractivity contribution is 6.03. The number of benzene rings is 2. The molecule has 11 heteroatoms. The first-order valence-electron chi connectivity index (χ1n) is 14.1. The normalized spacial score (nSPS) is 20.9. The Bertz CT molecular complexity index is 1780. The van der Waals surface area contributed by atoms with Crippen LogP contribution in [0, 0.1) is 22.6 Å². The molecule has 3 aliphatic heterocycles. The zero-order chi connectivity index (χ0) is 27.9. The molecule has 0 saturated carbocycles. The number of carbonyl (C=O) groups is 1. The SMILES string of the molecule is N#Cc1cccc2c1CC1(CCN(c3cnc4c(N5CCN6C(=O)CCc7ccc(F)c5c76)n[nH]c4n3)CC1)[C@@H]2N. The molecule has 2 aromatic heterocycles. The van der Waals surface area contributed by atoms with E-state index in [9.17, 15) is 10.1 Å². The van der Waals surface area contributed by atoms with Gasteiger partial charge >= 0.3 is 0 Å². The Morgan fingerprint density at radius 2 is 1.90 bits per heavy atom. The quantitative estimate of drug-likeness (QED) is 0.388. The van der Waals surface area contributed by atoms with E-state index in [1.54, 1.807) is 17.2 Å². The highest BCUT2D eigenvalue weighted by Gasteiger charge is 2.47. The van der Waals surface area contributed by atoms with E-state index in [0.29, 0.717) is 54.3 Å². The molecule has 1 atom stereocenters. The lowest BCUT2D eigenvalue weighted by Crippen LogP contribution is -2.45. The molecule has 3 N–H and O–H groups in total. The van der Waals surface area contributed by atoms with Crippen LogP contribution < -0.4 is 20.4 Å². The Balaban J connectivity index is 1.06. The van der Waals surface area contributed by atoms with E-state index >= 15 is 4.39 Å². The predicted molar refractivity (Wildman–Crippen MR) is 151 cm³/mol. The van der Waals surface area contributed by atoms with Gasteiger partial charge in [-0.2, -0.15) is 10.4 Å². The third-order valence-electron chi connectivity index (χ3n) is 9.62. The monoisotopic (exact) mass is 549 g/mol. The fourth-order valence-electron chi connectivity index (χ4n) is 7.40. The number of halogens is 1. The maximum atomic E-state index is 15.3. The summed E-state index contributed by atoms with van der Waals surface area (Å²) in [5.41, 5.74) is 12.7. The van der Waals surface area contributed by atoms with E-state index in [1.165, 1.54) is 6.07 Å². The van der Waals surface area contributed by atoms with E-state index in [-0.39, 0.29) is 23.2 Å². The number of nitrogens with two attached hydrogens (primary N) is 1. The van der Waals surface area contributed by atoms with E-state index in [4.69, 9.17) is 15.7 Å². The van der Waals surface area contributed by atoms with Gasteiger partial charge in [-0.3, -0.25) is 9.89 Å². The van der Waals surface area contributed by atoms with Crippen LogP contribution in [0.25, 0.3) is 11.2 Å². The highest BCUT2D eigenvalue weighted by Crippen LogP contribution is 2.52. The van der Waals surface area contributed by atoms with Gasteiger partial charge in [0.15, 0.2) is 17.0 Å². The minimum absolute atomic E-state index is 0.0246. The van der Waals surface area contributed by atoms with Gasteiger partial charge in [-0.05, 0) is 59.9 Å². The van der Waals surface area contributed by atoms with Gasteiger partial charge in [-0.25, -0.2) is 14.4 Å². The summed E-state index contributed by atoms with van der Waals surface area (Å²) in [6, 6.07) is 11.4. The van der Waals surface area contributed by atoms with Crippen LogP contribution in [0.1, 0.15) is 47.6 Å². The van der Waals surface area contributed by atoms with Crippen LogP contribution in [0.2, 0.25) is 0 Å². The molecule has 1 amide bonds. The minimum Gasteiger partial charge on any atom is -0.355 e. The molecule has 1 fully saturated rings. The van der Waals surface area contributed by atoms with Gasteiger partial charge in [0.25, 0.3) is 0 Å². The number of nitrogens with one attached hydrogen (secondary N) is 1. The molecule has 0 unspecified atom stereocenters. The summed E-state index contributed by atoms with van der Waals surface area (Å²) >= 11 is 0. The van der Waals surface area contributed by atoms with Crippen molar-refractivity contribution >= 4 is 40.1 Å². The van der Waals surface area contributed by atoms with E-state index in [0.717, 1.165) is 60.4 Å². The number of anilines is 4. The lowest BCUT2D eigenvalue weighted by molar-refractivity contribution is -0.118. The molecule has 0 bridgehead atoms. The van der Waals surface area contributed by atoms with Crippen molar-refractivity contribution in [3.63, 3.8) is 0 Å². The van der Waals surface area contributed by atoms with Crippen LogP contribution in [0.15, 0.2) is 36.5 Å². The highest BCUT2D eigenvalue weighted by atomic mass is 19.1. The first-order chi connectivity index (χ1) is 20.0. The summed E-state index contributed by atoms with van der Waals surface area (Å²) in [6.07, 6.45) is 5.41. The number of nitriles is 1. The number of hydrogen-bond acceptors (Lipinski definition) is 8.